The highest BCUT2D eigenvalue weighted by Crippen LogP contribution is 2.36. The van der Waals surface area contributed by atoms with Crippen molar-refractivity contribution in [2.45, 2.75) is 6.18 Å². The maximum absolute atomic E-state index is 12.7. The predicted molar refractivity (Wildman–Crippen MR) is 73.4 cm³/mol. The highest BCUT2D eigenvalue weighted by molar-refractivity contribution is 7.09. The third kappa shape index (κ3) is 2.99. The quantitative estimate of drug-likeness (QED) is 0.878. The largest absolute Gasteiger partial charge is 0.465 e. The van der Waals surface area contributed by atoms with Crippen LogP contribution in [0, 0.1) is 0 Å². The number of ether oxygens (including phenoxy) is 1. The molecule has 0 atom stereocenters. The normalized spacial score (nSPS) is 11.3. The molecule has 0 aliphatic rings. The van der Waals surface area contributed by atoms with Gasteiger partial charge in [-0.05, 0) is 23.7 Å². The van der Waals surface area contributed by atoms with E-state index < -0.39 is 17.7 Å². The molecule has 21 heavy (non-hydrogen) atoms. The molecule has 0 bridgehead atoms. The second kappa shape index (κ2) is 5.72. The average Bonchev–Trinajstić information content (AvgIpc) is 2.89. The van der Waals surface area contributed by atoms with Crippen molar-refractivity contribution >= 4 is 23.2 Å². The fourth-order valence-corrected chi connectivity index (χ4v) is 2.62. The van der Waals surface area contributed by atoms with Crippen LogP contribution < -0.4 is 5.32 Å². The molecule has 0 amide bonds. The van der Waals surface area contributed by atoms with E-state index in [4.69, 9.17) is 0 Å². The number of nitrogens with zero attached hydrogens (tertiary/aromatic N) is 1. The van der Waals surface area contributed by atoms with E-state index in [0.717, 1.165) is 23.7 Å². The maximum atomic E-state index is 12.7. The molecular formula is C13H11F3N2O2S. The van der Waals surface area contributed by atoms with Gasteiger partial charge in [-0.1, -0.05) is 12.1 Å². The summed E-state index contributed by atoms with van der Waals surface area (Å²) in [6.07, 6.45) is -4.43. The Morgan fingerprint density at radius 2 is 2.10 bits per heavy atom. The first-order valence-corrected chi connectivity index (χ1v) is 6.59. The lowest BCUT2D eigenvalue weighted by atomic mass is 10.1. The van der Waals surface area contributed by atoms with E-state index in [9.17, 15) is 18.0 Å². The lowest BCUT2D eigenvalue weighted by Crippen LogP contribution is -2.05. The Kier molecular flexibility index (Phi) is 4.17. The summed E-state index contributed by atoms with van der Waals surface area (Å²) in [6, 6.07) is 4.79. The number of rotatable bonds is 3. The van der Waals surface area contributed by atoms with Gasteiger partial charge in [0.1, 0.15) is 5.69 Å². The van der Waals surface area contributed by atoms with Crippen LogP contribution in [0.1, 0.15) is 15.2 Å². The van der Waals surface area contributed by atoms with Gasteiger partial charge in [0.05, 0.1) is 18.4 Å². The highest BCUT2D eigenvalue weighted by atomic mass is 32.1. The minimum Gasteiger partial charge on any atom is -0.465 e. The molecule has 1 aromatic heterocycles. The van der Waals surface area contributed by atoms with Gasteiger partial charge in [-0.2, -0.15) is 17.5 Å². The number of anilines is 1. The second-order valence-electron chi connectivity index (χ2n) is 4.06. The third-order valence-corrected chi connectivity index (χ3v) is 3.60. The summed E-state index contributed by atoms with van der Waals surface area (Å²) < 4.78 is 46.9. The van der Waals surface area contributed by atoms with E-state index in [2.05, 4.69) is 14.4 Å². The van der Waals surface area contributed by atoms with Gasteiger partial charge in [-0.3, -0.25) is 0 Å². The van der Waals surface area contributed by atoms with Crippen LogP contribution in [0.3, 0.4) is 0 Å². The van der Waals surface area contributed by atoms with Gasteiger partial charge in [-0.25, -0.2) is 4.79 Å². The molecule has 2 aromatic rings. The van der Waals surface area contributed by atoms with Gasteiger partial charge in [0.2, 0.25) is 0 Å². The predicted octanol–water partition coefficient (Wildman–Crippen LogP) is 3.66. The Balaban J connectivity index is 2.53. The summed E-state index contributed by atoms with van der Waals surface area (Å²) >= 11 is 0.873. The van der Waals surface area contributed by atoms with Crippen molar-refractivity contribution in [1.29, 1.82) is 0 Å². The number of aromatic nitrogens is 1. The monoisotopic (exact) mass is 316 g/mol. The molecule has 0 spiro atoms. The third-order valence-electron chi connectivity index (χ3n) is 2.78. The van der Waals surface area contributed by atoms with Crippen LogP contribution in [0.25, 0.3) is 11.3 Å². The van der Waals surface area contributed by atoms with Crippen LogP contribution >= 0.6 is 11.5 Å². The summed E-state index contributed by atoms with van der Waals surface area (Å²) in [5.74, 6) is -0.588. The number of alkyl halides is 3. The number of carbonyl (C=O) groups is 1. The summed E-state index contributed by atoms with van der Waals surface area (Å²) in [7, 11) is 2.79. The molecule has 0 saturated carbocycles. The number of nitrogens with one attached hydrogen (secondary N) is 1. The molecule has 8 heteroatoms. The van der Waals surface area contributed by atoms with E-state index in [1.54, 1.807) is 7.05 Å². The van der Waals surface area contributed by atoms with E-state index >= 15 is 0 Å². The van der Waals surface area contributed by atoms with E-state index in [0.29, 0.717) is 5.69 Å². The van der Waals surface area contributed by atoms with Gasteiger partial charge in [0.15, 0.2) is 4.88 Å². The molecule has 4 nitrogen and oxygen atoms in total. The Bertz CT molecular complexity index is 668. The zero-order valence-corrected chi connectivity index (χ0v) is 11.9. The molecule has 0 aliphatic carbocycles. The van der Waals surface area contributed by atoms with E-state index in [1.807, 2.05) is 0 Å². The fourth-order valence-electron chi connectivity index (χ4n) is 1.79. The fraction of sp³-hybridized carbons (Fsp3) is 0.231. The molecule has 1 heterocycles. The van der Waals surface area contributed by atoms with Crippen molar-refractivity contribution in [1.82, 2.24) is 4.37 Å². The number of hydrogen-bond acceptors (Lipinski definition) is 5. The van der Waals surface area contributed by atoms with Crippen molar-refractivity contribution < 1.29 is 22.7 Å². The molecule has 0 fully saturated rings. The number of hydrogen-bond donors (Lipinski definition) is 1. The van der Waals surface area contributed by atoms with Crippen molar-refractivity contribution in [3.8, 4) is 11.3 Å². The second-order valence-corrected chi connectivity index (χ2v) is 4.83. The van der Waals surface area contributed by atoms with Gasteiger partial charge in [0, 0.05) is 12.6 Å². The van der Waals surface area contributed by atoms with Crippen LogP contribution in [0.5, 0.6) is 0 Å². The zero-order chi connectivity index (χ0) is 15.6. The number of methoxy groups -OCH3 is 1. The number of benzene rings is 1. The van der Waals surface area contributed by atoms with E-state index in [1.165, 1.54) is 19.2 Å². The number of esters is 1. The first kappa shape index (κ1) is 15.3. The smallest absolute Gasteiger partial charge is 0.416 e. The van der Waals surface area contributed by atoms with Crippen molar-refractivity contribution in [2.75, 3.05) is 19.5 Å². The molecule has 0 saturated heterocycles. The Morgan fingerprint density at radius 1 is 1.38 bits per heavy atom. The number of carbonyl (C=O) groups excluding carboxylic acids is 1. The van der Waals surface area contributed by atoms with Crippen molar-refractivity contribution in [2.24, 2.45) is 0 Å². The van der Waals surface area contributed by atoms with Crippen LogP contribution in [0.4, 0.5) is 18.9 Å². The number of halogens is 3. The Morgan fingerprint density at radius 3 is 2.67 bits per heavy atom. The van der Waals surface area contributed by atoms with Crippen LogP contribution in [0.15, 0.2) is 24.3 Å². The lowest BCUT2D eigenvalue weighted by molar-refractivity contribution is -0.137. The first-order chi connectivity index (χ1) is 9.88. The summed E-state index contributed by atoms with van der Waals surface area (Å²) in [5.41, 5.74) is 0.149. The van der Waals surface area contributed by atoms with Crippen LogP contribution in [-0.2, 0) is 10.9 Å². The van der Waals surface area contributed by atoms with E-state index in [-0.39, 0.29) is 16.1 Å². The lowest BCUT2D eigenvalue weighted by Gasteiger charge is -2.09. The van der Waals surface area contributed by atoms with Crippen LogP contribution in [0.2, 0.25) is 0 Å². The molecule has 112 valence electrons. The average molecular weight is 316 g/mol. The molecular weight excluding hydrogens is 305 g/mol. The minimum atomic E-state index is -4.43. The molecule has 1 N–H and O–H groups in total. The van der Waals surface area contributed by atoms with Gasteiger partial charge < -0.3 is 10.1 Å². The maximum Gasteiger partial charge on any atom is 0.416 e. The topological polar surface area (TPSA) is 51.2 Å². The molecule has 2 rings (SSSR count). The van der Waals surface area contributed by atoms with Crippen molar-refractivity contribution in [3.63, 3.8) is 0 Å². The molecule has 0 unspecified atom stereocenters. The first-order valence-electron chi connectivity index (χ1n) is 5.82. The summed E-state index contributed by atoms with van der Waals surface area (Å²) in [5, 5.41) is 2.78. The van der Waals surface area contributed by atoms with Crippen LogP contribution in [-0.4, -0.2) is 24.5 Å². The van der Waals surface area contributed by atoms with Gasteiger partial charge >= 0.3 is 12.1 Å². The van der Waals surface area contributed by atoms with Gasteiger partial charge in [-0.15, -0.1) is 0 Å². The molecule has 0 radical (unpaired) electrons. The standard InChI is InChI=1S/C13H11F3N2O2S/c1-17-10-9(18-21-11(10)12(19)20-2)7-4-3-5-8(6-7)13(14,15)16/h3-6,17H,1-2H3. The summed E-state index contributed by atoms with van der Waals surface area (Å²) in [4.78, 5) is 11.8. The Hall–Kier alpha value is -2.09. The Labute approximate surface area is 122 Å². The molecule has 0 aliphatic heterocycles. The minimum absolute atomic E-state index is 0.215. The summed E-state index contributed by atoms with van der Waals surface area (Å²) in [6.45, 7) is 0. The highest BCUT2D eigenvalue weighted by Gasteiger charge is 2.31. The molecule has 1 aromatic carbocycles. The van der Waals surface area contributed by atoms with Crippen molar-refractivity contribution in [3.05, 3.63) is 34.7 Å². The SMILES string of the molecule is CNc1c(-c2cccc(C(F)(F)F)c2)nsc1C(=O)OC. The van der Waals surface area contributed by atoms with Gasteiger partial charge in [0.25, 0.3) is 0 Å². The zero-order valence-electron chi connectivity index (χ0n) is 11.1.